The summed E-state index contributed by atoms with van der Waals surface area (Å²) in [6, 6.07) is 18.3. The molecule has 0 fully saturated rings. The van der Waals surface area contributed by atoms with Crippen molar-refractivity contribution in [2.45, 2.75) is 24.9 Å². The summed E-state index contributed by atoms with van der Waals surface area (Å²) in [5.41, 5.74) is 3.29. The Morgan fingerprint density at radius 2 is 1.68 bits per heavy atom. The Kier molecular flexibility index (Phi) is 5.27. The van der Waals surface area contributed by atoms with E-state index in [2.05, 4.69) is 35.9 Å². The van der Waals surface area contributed by atoms with Crippen molar-refractivity contribution in [1.82, 2.24) is 9.29 Å². The second-order valence-electron chi connectivity index (χ2n) is 5.89. The Bertz CT molecular complexity index is 946. The van der Waals surface area contributed by atoms with Gasteiger partial charge in [0.1, 0.15) is 0 Å². The monoisotopic (exact) mass is 374 g/mol. The maximum absolute atomic E-state index is 12.4. The van der Waals surface area contributed by atoms with E-state index in [1.807, 2.05) is 22.9 Å². The number of hydrogen-bond acceptors (Lipinski definition) is 2. The first-order valence-electron chi connectivity index (χ1n) is 7.89. The van der Waals surface area contributed by atoms with E-state index in [1.54, 1.807) is 12.1 Å². The molecule has 1 heterocycles. The van der Waals surface area contributed by atoms with Gasteiger partial charge in [0.15, 0.2) is 0 Å². The van der Waals surface area contributed by atoms with E-state index in [0.29, 0.717) is 11.6 Å². The molecule has 0 spiro atoms. The average Bonchev–Trinajstić information content (AvgIpc) is 3.03. The number of aryl methyl sites for hydroxylation is 1. The summed E-state index contributed by atoms with van der Waals surface area (Å²) in [7, 11) is -3.57. The Morgan fingerprint density at radius 3 is 2.36 bits per heavy atom. The molecular formula is C19H19ClN2O2S. The molecule has 0 saturated carbocycles. The van der Waals surface area contributed by atoms with Crippen LogP contribution in [0.25, 0.3) is 0 Å². The van der Waals surface area contributed by atoms with Crippen molar-refractivity contribution in [3.63, 3.8) is 0 Å². The van der Waals surface area contributed by atoms with Gasteiger partial charge in [0.25, 0.3) is 0 Å². The lowest BCUT2D eigenvalue weighted by atomic mass is 10.1. The molecule has 0 aliphatic carbocycles. The van der Waals surface area contributed by atoms with Crippen LogP contribution in [0.5, 0.6) is 0 Å². The Morgan fingerprint density at radius 1 is 1.00 bits per heavy atom. The predicted octanol–water partition coefficient (Wildman–Crippen LogP) is 3.98. The lowest BCUT2D eigenvalue weighted by Crippen LogP contribution is -2.24. The van der Waals surface area contributed by atoms with Crippen molar-refractivity contribution in [3.05, 3.63) is 88.7 Å². The molecule has 0 unspecified atom stereocenters. The standard InChI is InChI=1S/C19H19ClN2O2S/c1-15-4-6-16(7-5-15)14-22-12-2-3-18(22)13-21-25(23,24)19-10-8-17(20)9-11-19/h2-12,21H,13-14H2,1H3. The molecule has 3 aromatic rings. The van der Waals surface area contributed by atoms with Crippen LogP contribution >= 0.6 is 11.6 Å². The van der Waals surface area contributed by atoms with Crippen LogP contribution in [0.3, 0.4) is 0 Å². The SMILES string of the molecule is Cc1ccc(Cn2cccc2CNS(=O)(=O)c2ccc(Cl)cc2)cc1. The number of nitrogens with zero attached hydrogens (tertiary/aromatic N) is 1. The molecule has 0 amide bonds. The van der Waals surface area contributed by atoms with Crippen molar-refractivity contribution in [2.75, 3.05) is 0 Å². The lowest BCUT2D eigenvalue weighted by molar-refractivity contribution is 0.578. The summed E-state index contributed by atoms with van der Waals surface area (Å²) in [6.07, 6.45) is 1.95. The van der Waals surface area contributed by atoms with Crippen molar-refractivity contribution in [3.8, 4) is 0 Å². The first-order chi connectivity index (χ1) is 11.9. The molecule has 3 rings (SSSR count). The number of hydrogen-bond donors (Lipinski definition) is 1. The maximum atomic E-state index is 12.4. The van der Waals surface area contributed by atoms with Crippen LogP contribution in [0.4, 0.5) is 0 Å². The first-order valence-corrected chi connectivity index (χ1v) is 9.75. The number of halogens is 1. The minimum absolute atomic E-state index is 0.202. The van der Waals surface area contributed by atoms with Gasteiger partial charge in [0.2, 0.25) is 10.0 Å². The number of aromatic nitrogens is 1. The zero-order chi connectivity index (χ0) is 17.9. The Labute approximate surface area is 153 Å². The fraction of sp³-hybridized carbons (Fsp3) is 0.158. The molecule has 0 aliphatic rings. The van der Waals surface area contributed by atoms with Gasteiger partial charge < -0.3 is 4.57 Å². The molecule has 4 nitrogen and oxygen atoms in total. The molecule has 0 radical (unpaired) electrons. The van der Waals surface area contributed by atoms with Crippen LogP contribution in [0.2, 0.25) is 5.02 Å². The summed E-state index contributed by atoms with van der Waals surface area (Å²) in [5, 5.41) is 0.505. The molecule has 0 saturated heterocycles. The first kappa shape index (κ1) is 17.7. The molecule has 1 N–H and O–H groups in total. The van der Waals surface area contributed by atoms with Gasteiger partial charge >= 0.3 is 0 Å². The van der Waals surface area contributed by atoms with Crippen LogP contribution in [0.15, 0.2) is 71.8 Å². The zero-order valence-corrected chi connectivity index (χ0v) is 15.4. The second-order valence-corrected chi connectivity index (χ2v) is 8.09. The van der Waals surface area contributed by atoms with Crippen LogP contribution in [-0.2, 0) is 23.1 Å². The zero-order valence-electron chi connectivity index (χ0n) is 13.8. The highest BCUT2D eigenvalue weighted by Gasteiger charge is 2.14. The minimum atomic E-state index is -3.57. The van der Waals surface area contributed by atoms with Gasteiger partial charge in [-0.05, 0) is 48.9 Å². The fourth-order valence-corrected chi connectivity index (χ4v) is 3.65. The normalized spacial score (nSPS) is 11.6. The van der Waals surface area contributed by atoms with Crippen molar-refractivity contribution in [2.24, 2.45) is 0 Å². The molecule has 2 aromatic carbocycles. The molecule has 0 atom stereocenters. The highest BCUT2D eigenvalue weighted by Crippen LogP contribution is 2.15. The lowest BCUT2D eigenvalue weighted by Gasteiger charge is -2.11. The topological polar surface area (TPSA) is 51.1 Å². The van der Waals surface area contributed by atoms with E-state index in [4.69, 9.17) is 11.6 Å². The predicted molar refractivity (Wildman–Crippen MR) is 100 cm³/mol. The summed E-state index contributed by atoms with van der Waals surface area (Å²) in [6.45, 7) is 2.98. The third-order valence-corrected chi connectivity index (χ3v) is 5.63. The molecular weight excluding hydrogens is 356 g/mol. The number of sulfonamides is 1. The van der Waals surface area contributed by atoms with Gasteiger partial charge in [-0.3, -0.25) is 0 Å². The molecule has 130 valence electrons. The second kappa shape index (κ2) is 7.44. The molecule has 0 bridgehead atoms. The van der Waals surface area contributed by atoms with Gasteiger partial charge in [-0.2, -0.15) is 0 Å². The Balaban J connectivity index is 1.71. The van der Waals surface area contributed by atoms with E-state index in [9.17, 15) is 8.42 Å². The van der Waals surface area contributed by atoms with Crippen LogP contribution in [-0.4, -0.2) is 13.0 Å². The highest BCUT2D eigenvalue weighted by atomic mass is 35.5. The highest BCUT2D eigenvalue weighted by molar-refractivity contribution is 7.89. The quantitative estimate of drug-likeness (QED) is 0.709. The van der Waals surface area contributed by atoms with Gasteiger partial charge in [0, 0.05) is 23.5 Å². The van der Waals surface area contributed by atoms with Crippen molar-refractivity contribution < 1.29 is 8.42 Å². The average molecular weight is 375 g/mol. The van der Waals surface area contributed by atoms with Gasteiger partial charge in [0.05, 0.1) is 11.4 Å². The number of benzene rings is 2. The molecule has 0 aliphatic heterocycles. The number of nitrogens with one attached hydrogen (secondary N) is 1. The van der Waals surface area contributed by atoms with Crippen LogP contribution in [0, 0.1) is 6.92 Å². The molecule has 25 heavy (non-hydrogen) atoms. The van der Waals surface area contributed by atoms with Crippen LogP contribution in [0.1, 0.15) is 16.8 Å². The summed E-state index contributed by atoms with van der Waals surface area (Å²) >= 11 is 5.81. The largest absolute Gasteiger partial charge is 0.346 e. The van der Waals surface area contributed by atoms with E-state index < -0.39 is 10.0 Å². The Hall–Kier alpha value is -2.08. The van der Waals surface area contributed by atoms with Gasteiger partial charge in [-0.1, -0.05) is 41.4 Å². The van der Waals surface area contributed by atoms with E-state index in [0.717, 1.165) is 5.69 Å². The van der Waals surface area contributed by atoms with E-state index in [1.165, 1.54) is 23.3 Å². The fourth-order valence-electron chi connectivity index (χ4n) is 2.52. The molecule has 1 aromatic heterocycles. The number of rotatable bonds is 6. The third-order valence-electron chi connectivity index (χ3n) is 3.96. The maximum Gasteiger partial charge on any atom is 0.240 e. The van der Waals surface area contributed by atoms with Gasteiger partial charge in [-0.15, -0.1) is 0 Å². The minimum Gasteiger partial charge on any atom is -0.346 e. The van der Waals surface area contributed by atoms with Crippen molar-refractivity contribution >= 4 is 21.6 Å². The summed E-state index contributed by atoms with van der Waals surface area (Å²) in [4.78, 5) is 0.202. The summed E-state index contributed by atoms with van der Waals surface area (Å²) in [5.74, 6) is 0. The van der Waals surface area contributed by atoms with Gasteiger partial charge in [-0.25, -0.2) is 13.1 Å². The molecule has 6 heteroatoms. The van der Waals surface area contributed by atoms with Crippen molar-refractivity contribution in [1.29, 1.82) is 0 Å². The van der Waals surface area contributed by atoms with Crippen LogP contribution < -0.4 is 4.72 Å². The summed E-state index contributed by atoms with van der Waals surface area (Å²) < 4.78 is 29.4. The van der Waals surface area contributed by atoms with E-state index in [-0.39, 0.29) is 11.4 Å². The van der Waals surface area contributed by atoms with E-state index >= 15 is 0 Å². The third kappa shape index (κ3) is 4.51. The smallest absolute Gasteiger partial charge is 0.240 e.